The molecule has 7 aromatic rings. The summed E-state index contributed by atoms with van der Waals surface area (Å²) in [7, 11) is 1.66. The van der Waals surface area contributed by atoms with Crippen LogP contribution in [0.25, 0.3) is 0 Å². The van der Waals surface area contributed by atoms with E-state index in [4.69, 9.17) is 27.9 Å². The van der Waals surface area contributed by atoms with E-state index in [9.17, 15) is 0 Å². The third-order valence-electron chi connectivity index (χ3n) is 9.31. The zero-order chi connectivity index (χ0) is 44.5. The molecule has 0 aliphatic carbocycles. The summed E-state index contributed by atoms with van der Waals surface area (Å²) >= 11 is 13.3. The van der Waals surface area contributed by atoms with E-state index in [1.54, 1.807) is 49.6 Å². The van der Waals surface area contributed by atoms with Crippen LogP contribution in [0.4, 0.5) is 0 Å². The Labute approximate surface area is 367 Å². The van der Waals surface area contributed by atoms with Gasteiger partial charge < -0.3 is 4.74 Å². The molecule has 11 heteroatoms. The minimum Gasteiger partial charge on any atom is -0.495 e. The number of ether oxygens (including phenoxy) is 1. The van der Waals surface area contributed by atoms with Gasteiger partial charge in [-0.3, -0.25) is 19.9 Å². The lowest BCUT2D eigenvalue weighted by Gasteiger charge is -2.04. The van der Waals surface area contributed by atoms with E-state index in [1.165, 1.54) is 38.3 Å². The fraction of sp³-hybridized carbons (Fsp3) is 0.312. The van der Waals surface area contributed by atoms with E-state index < -0.39 is 0 Å². The normalized spacial score (nSPS) is 9.44. The Morgan fingerprint density at radius 1 is 0.458 bits per heavy atom. The van der Waals surface area contributed by atoms with Crippen molar-refractivity contribution >= 4 is 34.5 Å². The molecule has 0 N–H and O–H groups in total. The fourth-order valence-corrected chi connectivity index (χ4v) is 5.16. The average molecular weight is 855 g/mol. The predicted molar refractivity (Wildman–Crippen MR) is 250 cm³/mol. The number of aryl methyl sites for hydroxylation is 11. The lowest BCUT2D eigenvalue weighted by atomic mass is 10.2. The fourth-order valence-electron chi connectivity index (χ4n) is 4.02. The number of methoxy groups -OCH3 is 1. The summed E-state index contributed by atoms with van der Waals surface area (Å²) < 4.78 is 5.06. The standard InChI is InChI=1S/C8H11NO.2C7H8ClN.2C7H9N.C6H8N2.C6H8S/c1-6-4-9-5-8(10-3)7(6)2;1-5-3-9-4-7(8)6(5)2;1-5-3-4-9-7(8)6(5)2;1-6-3-4-8-5-7(6)2;1-6-4-3-5-8-7(6)2;1-5-3-7-4-8-6(5)2;1-5-3-4-7-6(5)2/h4-5H,1-3H3;2*3-4H,1-2H3;2*3-5H,1-2H3;3-4H,1-2H3;3-4H,1-2H3. The SMILES string of the molecule is COc1cncc(C)c1C.Cc1cccnc1C.Cc1ccnc(Cl)c1C.Cc1ccncc1C.Cc1ccsc1C.Cc1cncc(Cl)c1C.Cc1cncnc1C. The third kappa shape index (κ3) is 20.4. The van der Waals surface area contributed by atoms with Gasteiger partial charge >= 0.3 is 0 Å². The predicted octanol–water partition coefficient (Wildman–Crippen LogP) is 13.3. The van der Waals surface area contributed by atoms with Crippen molar-refractivity contribution in [3.63, 3.8) is 0 Å². The Kier molecular flexibility index (Phi) is 25.0. The number of aromatic nitrogens is 7. The molecule has 0 saturated carbocycles. The van der Waals surface area contributed by atoms with Crippen LogP contribution < -0.4 is 4.74 Å². The second kappa shape index (κ2) is 28.4. The van der Waals surface area contributed by atoms with Gasteiger partial charge in [0.1, 0.15) is 17.2 Å². The first-order valence-corrected chi connectivity index (χ1v) is 20.6. The van der Waals surface area contributed by atoms with E-state index in [-0.39, 0.29) is 0 Å². The minimum absolute atomic E-state index is 0.606. The maximum Gasteiger partial charge on any atom is 0.140 e. The molecule has 0 fully saturated rings. The molecule has 0 bridgehead atoms. The minimum atomic E-state index is 0.606. The molecule has 0 aromatic carbocycles. The molecule has 0 atom stereocenters. The maximum atomic E-state index is 5.75. The zero-order valence-corrected chi connectivity index (χ0v) is 39.8. The lowest BCUT2D eigenvalue weighted by Crippen LogP contribution is -1.90. The van der Waals surface area contributed by atoms with Crippen molar-refractivity contribution in [1.29, 1.82) is 0 Å². The molecule has 7 rings (SSSR count). The first-order chi connectivity index (χ1) is 27.9. The molecule has 0 saturated heterocycles. The summed E-state index contributed by atoms with van der Waals surface area (Å²) in [6, 6.07) is 10.1. The Bertz CT molecular complexity index is 2000. The zero-order valence-electron chi connectivity index (χ0n) is 37.4. The van der Waals surface area contributed by atoms with Gasteiger partial charge in [0.15, 0.2) is 0 Å². The molecule has 7 heterocycles. The number of pyridine rings is 5. The van der Waals surface area contributed by atoms with Crippen LogP contribution in [0.5, 0.6) is 5.75 Å². The van der Waals surface area contributed by atoms with E-state index in [0.29, 0.717) is 5.15 Å². The highest BCUT2D eigenvalue weighted by molar-refractivity contribution is 7.10. The number of hydrogen-bond donors (Lipinski definition) is 0. The van der Waals surface area contributed by atoms with Crippen molar-refractivity contribution in [1.82, 2.24) is 34.9 Å². The summed E-state index contributed by atoms with van der Waals surface area (Å²) in [4.78, 5) is 29.1. The lowest BCUT2D eigenvalue weighted by molar-refractivity contribution is 0.409. The van der Waals surface area contributed by atoms with Gasteiger partial charge in [0.05, 0.1) is 18.3 Å². The Morgan fingerprint density at radius 2 is 1.05 bits per heavy atom. The van der Waals surface area contributed by atoms with Crippen molar-refractivity contribution < 1.29 is 4.74 Å². The van der Waals surface area contributed by atoms with Gasteiger partial charge in [0.2, 0.25) is 0 Å². The van der Waals surface area contributed by atoms with Gasteiger partial charge in [0, 0.05) is 65.8 Å². The van der Waals surface area contributed by atoms with E-state index in [1.807, 2.05) is 111 Å². The molecule has 7 aromatic heterocycles. The van der Waals surface area contributed by atoms with Gasteiger partial charge in [0.25, 0.3) is 0 Å². The summed E-state index contributed by atoms with van der Waals surface area (Å²) in [6.45, 7) is 28.4. The van der Waals surface area contributed by atoms with E-state index in [0.717, 1.165) is 50.0 Å². The van der Waals surface area contributed by atoms with Crippen molar-refractivity contribution in [2.75, 3.05) is 7.11 Å². The Hall–Kier alpha value is -5.09. The molecule has 0 spiro atoms. The van der Waals surface area contributed by atoms with Gasteiger partial charge in [-0.05, 0) is 188 Å². The molecule has 0 aliphatic heterocycles. The summed E-state index contributed by atoms with van der Waals surface area (Å²) in [5.41, 5.74) is 15.4. The number of thiophene rings is 1. The van der Waals surface area contributed by atoms with Crippen molar-refractivity contribution in [2.24, 2.45) is 0 Å². The summed E-state index contributed by atoms with van der Waals surface area (Å²) in [6.07, 6.45) is 17.6. The monoisotopic (exact) mass is 853 g/mol. The largest absolute Gasteiger partial charge is 0.495 e. The molecule has 0 unspecified atom stereocenters. The molecular weight excluding hydrogens is 794 g/mol. The summed E-state index contributed by atoms with van der Waals surface area (Å²) in [5, 5.41) is 3.47. The van der Waals surface area contributed by atoms with Crippen LogP contribution in [-0.2, 0) is 0 Å². The van der Waals surface area contributed by atoms with E-state index >= 15 is 0 Å². The van der Waals surface area contributed by atoms with Crippen LogP contribution in [0.1, 0.15) is 77.5 Å². The first kappa shape index (κ1) is 51.9. The van der Waals surface area contributed by atoms with Crippen LogP contribution in [0.15, 0.2) is 97.8 Å². The molecule has 8 nitrogen and oxygen atoms in total. The smallest absolute Gasteiger partial charge is 0.140 e. The van der Waals surface area contributed by atoms with Crippen LogP contribution in [0.3, 0.4) is 0 Å². The number of hydrogen-bond acceptors (Lipinski definition) is 9. The summed E-state index contributed by atoms with van der Waals surface area (Å²) in [5.74, 6) is 0.861. The van der Waals surface area contributed by atoms with Gasteiger partial charge in [-0.2, -0.15) is 0 Å². The van der Waals surface area contributed by atoms with Gasteiger partial charge in [-0.25, -0.2) is 15.0 Å². The van der Waals surface area contributed by atoms with Crippen LogP contribution in [-0.4, -0.2) is 42.0 Å². The molecule has 59 heavy (non-hydrogen) atoms. The highest BCUT2D eigenvalue weighted by Crippen LogP contribution is 2.18. The Balaban J connectivity index is 0.000000345. The highest BCUT2D eigenvalue weighted by Gasteiger charge is 1.99. The average Bonchev–Trinajstić information content (AvgIpc) is 3.60. The third-order valence-corrected chi connectivity index (χ3v) is 11.0. The highest BCUT2D eigenvalue weighted by atomic mass is 35.5. The molecule has 314 valence electrons. The first-order valence-electron chi connectivity index (χ1n) is 19.0. The van der Waals surface area contributed by atoms with Crippen LogP contribution in [0.2, 0.25) is 10.2 Å². The topological polar surface area (TPSA) is 99.5 Å². The van der Waals surface area contributed by atoms with Crippen molar-refractivity contribution in [2.45, 2.75) is 96.9 Å². The van der Waals surface area contributed by atoms with Crippen molar-refractivity contribution in [3.05, 3.63) is 185 Å². The number of halogens is 2. The molecular formula is C48H61Cl2N7OS. The Morgan fingerprint density at radius 3 is 1.42 bits per heavy atom. The number of nitrogens with zero attached hydrogens (tertiary/aromatic N) is 7. The molecule has 0 amide bonds. The molecule has 0 radical (unpaired) electrons. The second-order valence-electron chi connectivity index (χ2n) is 13.7. The van der Waals surface area contributed by atoms with Crippen LogP contribution in [0, 0.1) is 96.9 Å². The second-order valence-corrected chi connectivity index (χ2v) is 15.6. The van der Waals surface area contributed by atoms with Gasteiger partial charge in [-0.15, -0.1) is 11.3 Å². The van der Waals surface area contributed by atoms with E-state index in [2.05, 4.69) is 87.0 Å². The van der Waals surface area contributed by atoms with Crippen LogP contribution >= 0.6 is 34.5 Å². The molecule has 0 aliphatic rings. The maximum absolute atomic E-state index is 5.75. The van der Waals surface area contributed by atoms with Crippen molar-refractivity contribution in [3.8, 4) is 5.75 Å². The number of rotatable bonds is 1. The van der Waals surface area contributed by atoms with Gasteiger partial charge in [-0.1, -0.05) is 29.3 Å². The quantitative estimate of drug-likeness (QED) is 0.151.